The van der Waals surface area contributed by atoms with Gasteiger partial charge in [0.15, 0.2) is 0 Å². The fourth-order valence-corrected chi connectivity index (χ4v) is 6.35. The predicted molar refractivity (Wildman–Crippen MR) is 152 cm³/mol. The molecule has 3 aliphatic rings. The highest BCUT2D eigenvalue weighted by atomic mass is 16.5. The molecule has 1 saturated heterocycles. The number of para-hydroxylation sites is 1. The largest absolute Gasteiger partial charge is 0.464 e. The molecule has 0 saturated carbocycles. The average molecular weight is 554 g/mol. The van der Waals surface area contributed by atoms with E-state index in [-0.39, 0.29) is 40.2 Å². The van der Waals surface area contributed by atoms with Crippen molar-refractivity contribution < 1.29 is 28.7 Å². The van der Waals surface area contributed by atoms with Gasteiger partial charge in [-0.25, -0.2) is 14.9 Å². The highest BCUT2D eigenvalue weighted by Crippen LogP contribution is 2.43. The van der Waals surface area contributed by atoms with E-state index in [1.165, 1.54) is 4.90 Å². The molecule has 41 heavy (non-hydrogen) atoms. The topological polar surface area (TPSA) is 104 Å². The van der Waals surface area contributed by atoms with Crippen LogP contribution in [0, 0.1) is 0 Å². The molecule has 210 valence electrons. The summed E-state index contributed by atoms with van der Waals surface area (Å²) in [5.41, 5.74) is 3.51. The molecule has 4 amide bonds. The van der Waals surface area contributed by atoms with Crippen molar-refractivity contribution in [1.82, 2.24) is 10.0 Å². The fraction of sp³-hybridized carbons (Fsp3) is 0.344. The molecular weight excluding hydrogens is 522 g/mol. The van der Waals surface area contributed by atoms with Crippen molar-refractivity contribution in [1.29, 1.82) is 0 Å². The number of hydrazine groups is 1. The molecule has 9 heteroatoms. The number of hydrogen-bond donors (Lipinski definition) is 0. The number of ether oxygens (including phenoxy) is 1. The molecule has 0 aliphatic carbocycles. The van der Waals surface area contributed by atoms with Gasteiger partial charge in [-0.15, -0.1) is 0 Å². The van der Waals surface area contributed by atoms with Crippen molar-refractivity contribution in [3.63, 3.8) is 0 Å². The highest BCUT2D eigenvalue weighted by Gasteiger charge is 2.43. The molecule has 0 unspecified atom stereocenters. The molecule has 1 fully saturated rings. The average Bonchev–Trinajstić information content (AvgIpc) is 2.95. The third kappa shape index (κ3) is 3.98. The molecule has 6 rings (SSSR count). The minimum atomic E-state index is -0.504. The van der Waals surface area contributed by atoms with Crippen LogP contribution in [0.1, 0.15) is 105 Å². The third-order valence-corrected chi connectivity index (χ3v) is 8.39. The summed E-state index contributed by atoms with van der Waals surface area (Å²) in [7, 11) is 0. The Morgan fingerprint density at radius 3 is 1.56 bits per heavy atom. The Balaban J connectivity index is 1.46. The van der Waals surface area contributed by atoms with Crippen molar-refractivity contribution in [2.24, 2.45) is 0 Å². The molecule has 0 aromatic heterocycles. The number of nitrogens with zero attached hydrogens (tertiary/aromatic N) is 3. The fourth-order valence-electron chi connectivity index (χ4n) is 6.35. The lowest BCUT2D eigenvalue weighted by Crippen LogP contribution is -2.55. The summed E-state index contributed by atoms with van der Waals surface area (Å²) in [5.74, 6) is -1.82. The van der Waals surface area contributed by atoms with Crippen LogP contribution in [0.25, 0.3) is 10.8 Å². The minimum Gasteiger partial charge on any atom is -0.464 e. The first-order chi connectivity index (χ1) is 19.6. The molecular formula is C32H31N3O6. The summed E-state index contributed by atoms with van der Waals surface area (Å²) in [6.45, 7) is 9.27. The van der Waals surface area contributed by atoms with Gasteiger partial charge in [0.25, 0.3) is 30.1 Å². The number of carbonyl (C=O) groups excluding carboxylic acids is 5. The maximum atomic E-state index is 14.1. The number of hydrogen-bond acceptors (Lipinski definition) is 7. The van der Waals surface area contributed by atoms with Gasteiger partial charge in [-0.1, -0.05) is 45.9 Å². The number of piperidine rings is 1. The molecule has 3 aromatic carbocycles. The second-order valence-electron chi connectivity index (χ2n) is 11.4. The Kier molecular flexibility index (Phi) is 6.49. The van der Waals surface area contributed by atoms with Crippen LogP contribution in [0.3, 0.4) is 0 Å². The zero-order chi connectivity index (χ0) is 29.2. The van der Waals surface area contributed by atoms with Crippen LogP contribution in [0.15, 0.2) is 42.5 Å². The molecule has 0 N–H and O–H groups in total. The van der Waals surface area contributed by atoms with Crippen molar-refractivity contribution in [3.8, 4) is 0 Å². The minimum absolute atomic E-state index is 0.0670. The van der Waals surface area contributed by atoms with Gasteiger partial charge in [-0.05, 0) is 60.1 Å². The van der Waals surface area contributed by atoms with Crippen LogP contribution < -0.4 is 4.90 Å². The monoisotopic (exact) mass is 553 g/mol. The Morgan fingerprint density at radius 2 is 1.15 bits per heavy atom. The van der Waals surface area contributed by atoms with Gasteiger partial charge >= 0.3 is 0 Å². The molecule has 0 spiro atoms. The molecule has 9 nitrogen and oxygen atoms in total. The summed E-state index contributed by atoms with van der Waals surface area (Å²) >= 11 is 0. The third-order valence-electron chi connectivity index (χ3n) is 8.39. The molecule has 3 aromatic rings. The first-order valence-electron chi connectivity index (χ1n) is 14.0. The number of imide groups is 2. The number of rotatable bonds is 6. The quantitative estimate of drug-likeness (QED) is 0.311. The number of carbonyl (C=O) groups is 5. The maximum absolute atomic E-state index is 14.1. The van der Waals surface area contributed by atoms with Crippen LogP contribution in [-0.2, 0) is 9.53 Å². The van der Waals surface area contributed by atoms with Gasteiger partial charge < -0.3 is 4.74 Å². The maximum Gasteiger partial charge on any atom is 0.293 e. The van der Waals surface area contributed by atoms with Gasteiger partial charge in [0.1, 0.15) is 6.10 Å². The lowest BCUT2D eigenvalue weighted by atomic mass is 9.85. The first-order valence-corrected chi connectivity index (χ1v) is 14.0. The van der Waals surface area contributed by atoms with Crippen LogP contribution in [0.4, 0.5) is 5.69 Å². The summed E-state index contributed by atoms with van der Waals surface area (Å²) in [6, 6.07) is 12.2. The van der Waals surface area contributed by atoms with Crippen molar-refractivity contribution in [2.45, 2.75) is 58.5 Å². The van der Waals surface area contributed by atoms with E-state index in [9.17, 15) is 24.0 Å². The molecule has 0 bridgehead atoms. The van der Waals surface area contributed by atoms with Crippen LogP contribution in [-0.4, -0.2) is 59.3 Å². The first kappa shape index (κ1) is 26.8. The number of amides is 4. The van der Waals surface area contributed by atoms with E-state index in [2.05, 4.69) is 0 Å². The SMILES string of the molecule is CC(C)c1cccc(C(C)C)c1N1C(=O)c2ccc3c4c(ccc(c24)C1=O)C(=O)N(N1CCC(OC=O)CC1)C3=O. The number of benzene rings is 3. The van der Waals surface area contributed by atoms with Crippen LogP contribution in [0.2, 0.25) is 0 Å². The summed E-state index contributed by atoms with van der Waals surface area (Å²) in [4.78, 5) is 67.7. The summed E-state index contributed by atoms with van der Waals surface area (Å²) in [6.07, 6.45) is 0.727. The smallest absolute Gasteiger partial charge is 0.293 e. The van der Waals surface area contributed by atoms with Gasteiger partial charge in [-0.2, -0.15) is 0 Å². The van der Waals surface area contributed by atoms with Crippen molar-refractivity contribution in [2.75, 3.05) is 18.0 Å². The Hall–Kier alpha value is -4.37. The van der Waals surface area contributed by atoms with E-state index in [0.717, 1.165) is 16.1 Å². The normalized spacial score (nSPS) is 17.8. The van der Waals surface area contributed by atoms with E-state index in [1.807, 2.05) is 45.9 Å². The van der Waals surface area contributed by atoms with Crippen molar-refractivity contribution >= 4 is 46.6 Å². The van der Waals surface area contributed by atoms with Gasteiger partial charge in [0, 0.05) is 35.0 Å². The van der Waals surface area contributed by atoms with E-state index in [1.54, 1.807) is 29.3 Å². The second-order valence-corrected chi connectivity index (χ2v) is 11.4. The van der Waals surface area contributed by atoms with Crippen LogP contribution >= 0.6 is 0 Å². The van der Waals surface area contributed by atoms with Gasteiger partial charge in [0.2, 0.25) is 0 Å². The lowest BCUT2D eigenvalue weighted by Gasteiger charge is -2.40. The Bertz CT molecular complexity index is 1550. The number of anilines is 1. The zero-order valence-electron chi connectivity index (χ0n) is 23.5. The van der Waals surface area contributed by atoms with E-state index in [4.69, 9.17) is 4.74 Å². The summed E-state index contributed by atoms with van der Waals surface area (Å²) in [5, 5.41) is 3.50. The molecule has 0 radical (unpaired) electrons. The van der Waals surface area contributed by atoms with E-state index >= 15 is 0 Å². The molecule has 3 aliphatic heterocycles. The Morgan fingerprint density at radius 1 is 0.707 bits per heavy atom. The molecule has 0 atom stereocenters. The van der Waals surface area contributed by atoms with Crippen molar-refractivity contribution in [3.05, 3.63) is 75.8 Å². The van der Waals surface area contributed by atoms with Gasteiger partial charge in [0.05, 0.1) is 16.8 Å². The highest BCUT2D eigenvalue weighted by molar-refractivity contribution is 6.39. The Labute approximate surface area is 237 Å². The summed E-state index contributed by atoms with van der Waals surface area (Å²) < 4.78 is 5.06. The zero-order valence-corrected chi connectivity index (χ0v) is 23.5. The lowest BCUT2D eigenvalue weighted by molar-refractivity contribution is -0.137. The van der Waals surface area contributed by atoms with Crippen LogP contribution in [0.5, 0.6) is 0 Å². The van der Waals surface area contributed by atoms with E-state index < -0.39 is 23.6 Å². The molecule has 3 heterocycles. The van der Waals surface area contributed by atoms with E-state index in [0.29, 0.717) is 48.9 Å². The predicted octanol–water partition coefficient (Wildman–Crippen LogP) is 5.04. The van der Waals surface area contributed by atoms with Gasteiger partial charge in [-0.3, -0.25) is 24.0 Å². The standard InChI is InChI=1S/C32H31N3O6/c1-17(2)20-6-5-7-21(18(3)4)28(20)34-29(37)22-8-10-24-27-25(11-9-23(26(22)27)30(34)38)32(40)35(31(24)39)33-14-12-19(13-15-33)41-16-36/h5-11,16-19H,12-15H2,1-4H3. The second kappa shape index (κ2) is 9.92.